The highest BCUT2D eigenvalue weighted by molar-refractivity contribution is 4.96. The molecule has 0 aliphatic heterocycles. The Balaban J connectivity index is 2.59. The van der Waals surface area contributed by atoms with Crippen LogP contribution >= 0.6 is 0 Å². The smallest absolute Gasteiger partial charge is 0.0832 e. The first-order valence-corrected chi connectivity index (χ1v) is 7.11. The standard InChI is InChI=1S/C15H27F/c1-2-10-15(13-14-16)11-8-6-4-3-5-7-9-12-15/h13-14H,2-12H2,1H3/b14-13+. The zero-order chi connectivity index (χ0) is 11.7. The first kappa shape index (κ1) is 13.7. The van der Waals surface area contributed by atoms with Gasteiger partial charge in [0.1, 0.15) is 0 Å². The summed E-state index contributed by atoms with van der Waals surface area (Å²) in [6.45, 7) is 2.21. The van der Waals surface area contributed by atoms with Gasteiger partial charge in [0.05, 0.1) is 6.33 Å². The fraction of sp³-hybridized carbons (Fsp3) is 0.867. The molecule has 0 heterocycles. The maximum absolute atomic E-state index is 12.6. The molecule has 0 nitrogen and oxygen atoms in total. The summed E-state index contributed by atoms with van der Waals surface area (Å²) in [5.41, 5.74) is 0.181. The number of allylic oxidation sites excluding steroid dienone is 1. The van der Waals surface area contributed by atoms with Crippen molar-refractivity contribution in [1.82, 2.24) is 0 Å². The molecule has 94 valence electrons. The van der Waals surface area contributed by atoms with Crippen LogP contribution in [0.25, 0.3) is 0 Å². The van der Waals surface area contributed by atoms with Crippen molar-refractivity contribution >= 4 is 0 Å². The lowest BCUT2D eigenvalue weighted by atomic mass is 9.74. The predicted octanol–water partition coefficient (Wildman–Crippen LogP) is 5.78. The van der Waals surface area contributed by atoms with Crippen molar-refractivity contribution in [3.05, 3.63) is 12.4 Å². The van der Waals surface area contributed by atoms with E-state index in [1.54, 1.807) is 0 Å². The molecule has 0 bridgehead atoms. The number of halogens is 1. The molecule has 0 spiro atoms. The Kier molecular flexibility index (Phi) is 6.75. The van der Waals surface area contributed by atoms with Gasteiger partial charge in [-0.1, -0.05) is 58.3 Å². The van der Waals surface area contributed by atoms with Gasteiger partial charge in [-0.05, 0) is 30.8 Å². The van der Waals surface area contributed by atoms with E-state index in [1.807, 2.05) is 6.08 Å². The van der Waals surface area contributed by atoms with E-state index in [0.29, 0.717) is 0 Å². The summed E-state index contributed by atoms with van der Waals surface area (Å²) in [6.07, 6.45) is 16.8. The summed E-state index contributed by atoms with van der Waals surface area (Å²) in [5, 5.41) is 0. The van der Waals surface area contributed by atoms with Crippen molar-refractivity contribution in [2.45, 2.75) is 77.6 Å². The highest BCUT2D eigenvalue weighted by Gasteiger charge is 2.25. The summed E-state index contributed by atoms with van der Waals surface area (Å²) < 4.78 is 12.6. The normalized spacial score (nSPS) is 23.4. The zero-order valence-corrected chi connectivity index (χ0v) is 10.8. The van der Waals surface area contributed by atoms with E-state index in [0.717, 1.165) is 12.8 Å². The summed E-state index contributed by atoms with van der Waals surface area (Å²) in [7, 11) is 0. The largest absolute Gasteiger partial charge is 0.216 e. The lowest BCUT2D eigenvalue weighted by Crippen LogP contribution is -2.18. The fourth-order valence-electron chi connectivity index (χ4n) is 3.09. The molecule has 0 aromatic rings. The molecule has 0 unspecified atom stereocenters. The molecule has 0 aromatic heterocycles. The minimum Gasteiger partial charge on any atom is -0.216 e. The second-order valence-electron chi connectivity index (χ2n) is 5.38. The Morgan fingerprint density at radius 2 is 1.44 bits per heavy atom. The van der Waals surface area contributed by atoms with Crippen molar-refractivity contribution in [3.8, 4) is 0 Å². The molecule has 0 N–H and O–H groups in total. The van der Waals surface area contributed by atoms with Crippen molar-refractivity contribution in [2.24, 2.45) is 5.41 Å². The molecule has 1 rings (SSSR count). The van der Waals surface area contributed by atoms with Crippen LogP contribution < -0.4 is 0 Å². The van der Waals surface area contributed by atoms with Crippen LogP contribution in [-0.4, -0.2) is 0 Å². The van der Waals surface area contributed by atoms with E-state index in [2.05, 4.69) is 6.92 Å². The number of hydrogen-bond acceptors (Lipinski definition) is 0. The SMILES string of the molecule is CCCC1(/C=C/F)CCCCCCCCC1. The van der Waals surface area contributed by atoms with Crippen LogP contribution in [0.15, 0.2) is 12.4 Å². The second kappa shape index (κ2) is 7.86. The fourth-order valence-corrected chi connectivity index (χ4v) is 3.09. The van der Waals surface area contributed by atoms with E-state index < -0.39 is 0 Å². The Morgan fingerprint density at radius 1 is 0.938 bits per heavy atom. The maximum atomic E-state index is 12.6. The zero-order valence-electron chi connectivity index (χ0n) is 10.8. The molecular formula is C15H27F. The van der Waals surface area contributed by atoms with Crippen LogP contribution in [-0.2, 0) is 0 Å². The van der Waals surface area contributed by atoms with Crippen LogP contribution in [0.3, 0.4) is 0 Å². The van der Waals surface area contributed by atoms with Gasteiger partial charge in [0, 0.05) is 0 Å². The van der Waals surface area contributed by atoms with Gasteiger partial charge in [-0.15, -0.1) is 0 Å². The van der Waals surface area contributed by atoms with Crippen LogP contribution in [0.5, 0.6) is 0 Å². The molecule has 1 fully saturated rings. The van der Waals surface area contributed by atoms with Crippen LogP contribution in [0.4, 0.5) is 4.39 Å². The van der Waals surface area contributed by atoms with E-state index >= 15 is 0 Å². The third-order valence-corrected chi connectivity index (χ3v) is 4.01. The minimum atomic E-state index is 0.181. The van der Waals surface area contributed by atoms with E-state index in [4.69, 9.17) is 0 Å². The monoisotopic (exact) mass is 226 g/mol. The average molecular weight is 226 g/mol. The molecule has 0 saturated heterocycles. The molecule has 0 atom stereocenters. The maximum Gasteiger partial charge on any atom is 0.0832 e. The molecule has 16 heavy (non-hydrogen) atoms. The topological polar surface area (TPSA) is 0 Å². The highest BCUT2D eigenvalue weighted by Crippen LogP contribution is 2.38. The van der Waals surface area contributed by atoms with Gasteiger partial charge in [-0.3, -0.25) is 0 Å². The molecular weight excluding hydrogens is 199 g/mol. The quantitative estimate of drug-likeness (QED) is 0.572. The Hall–Kier alpha value is -0.330. The van der Waals surface area contributed by atoms with Crippen LogP contribution in [0.2, 0.25) is 0 Å². The summed E-state index contributed by atoms with van der Waals surface area (Å²) in [6, 6.07) is 0. The summed E-state index contributed by atoms with van der Waals surface area (Å²) in [5.74, 6) is 0. The third-order valence-electron chi connectivity index (χ3n) is 4.01. The molecule has 1 aliphatic rings. The lowest BCUT2D eigenvalue weighted by molar-refractivity contribution is 0.263. The number of rotatable bonds is 3. The third kappa shape index (κ3) is 4.67. The van der Waals surface area contributed by atoms with Crippen molar-refractivity contribution in [1.29, 1.82) is 0 Å². The van der Waals surface area contributed by atoms with Crippen LogP contribution in [0, 0.1) is 5.41 Å². The average Bonchev–Trinajstić information content (AvgIpc) is 2.28. The first-order valence-electron chi connectivity index (χ1n) is 7.11. The first-order chi connectivity index (χ1) is 7.83. The predicted molar refractivity (Wildman–Crippen MR) is 69.1 cm³/mol. The minimum absolute atomic E-state index is 0.181. The van der Waals surface area contributed by atoms with Crippen LogP contribution in [0.1, 0.15) is 77.6 Å². The van der Waals surface area contributed by atoms with Gasteiger partial charge in [0.2, 0.25) is 0 Å². The molecule has 1 aliphatic carbocycles. The highest BCUT2D eigenvalue weighted by atomic mass is 19.1. The molecule has 0 aromatic carbocycles. The summed E-state index contributed by atoms with van der Waals surface area (Å²) in [4.78, 5) is 0. The van der Waals surface area contributed by atoms with E-state index in [9.17, 15) is 4.39 Å². The van der Waals surface area contributed by atoms with Crippen molar-refractivity contribution < 1.29 is 4.39 Å². The number of hydrogen-bond donors (Lipinski definition) is 0. The van der Waals surface area contributed by atoms with Gasteiger partial charge in [-0.2, -0.15) is 0 Å². The molecule has 1 saturated carbocycles. The van der Waals surface area contributed by atoms with Gasteiger partial charge in [0.25, 0.3) is 0 Å². The van der Waals surface area contributed by atoms with Gasteiger partial charge in [-0.25, -0.2) is 4.39 Å². The molecule has 0 amide bonds. The molecule has 0 radical (unpaired) electrons. The van der Waals surface area contributed by atoms with Gasteiger partial charge in [0.15, 0.2) is 0 Å². The van der Waals surface area contributed by atoms with Gasteiger partial charge < -0.3 is 0 Å². The Labute approximate surface area is 100 Å². The Bertz CT molecular complexity index is 186. The second-order valence-corrected chi connectivity index (χ2v) is 5.38. The van der Waals surface area contributed by atoms with Crippen molar-refractivity contribution in [2.75, 3.05) is 0 Å². The Morgan fingerprint density at radius 3 is 1.88 bits per heavy atom. The van der Waals surface area contributed by atoms with Crippen molar-refractivity contribution in [3.63, 3.8) is 0 Å². The lowest BCUT2D eigenvalue weighted by Gasteiger charge is -2.31. The molecule has 1 heteroatoms. The summed E-state index contributed by atoms with van der Waals surface area (Å²) >= 11 is 0. The van der Waals surface area contributed by atoms with E-state index in [-0.39, 0.29) is 5.41 Å². The van der Waals surface area contributed by atoms with Gasteiger partial charge >= 0.3 is 0 Å². The van der Waals surface area contributed by atoms with E-state index in [1.165, 1.54) is 64.2 Å².